The molecule has 5 heteroatoms. The summed E-state index contributed by atoms with van der Waals surface area (Å²) in [6, 6.07) is 3.94. The van der Waals surface area contributed by atoms with Gasteiger partial charge in [0.1, 0.15) is 17.9 Å². The highest BCUT2D eigenvalue weighted by Crippen LogP contribution is 2.25. The van der Waals surface area contributed by atoms with Crippen molar-refractivity contribution in [3.05, 3.63) is 35.4 Å². The monoisotopic (exact) mass is 340 g/mol. The highest BCUT2D eigenvalue weighted by molar-refractivity contribution is 5.20. The Morgan fingerprint density at radius 2 is 1.71 bits per heavy atom. The fraction of sp³-hybridized carbons (Fsp3) is 0.684. The van der Waals surface area contributed by atoms with E-state index in [1.54, 1.807) is 0 Å². The summed E-state index contributed by atoms with van der Waals surface area (Å²) in [5.74, 6) is -0.164. The number of hydrogen-bond donors (Lipinski definition) is 2. The van der Waals surface area contributed by atoms with Gasteiger partial charge in [-0.25, -0.2) is 8.78 Å². The lowest BCUT2D eigenvalue weighted by molar-refractivity contribution is -0.0387. The summed E-state index contributed by atoms with van der Waals surface area (Å²) in [4.78, 5) is 2.04. The first-order chi connectivity index (χ1) is 11.3. The SMILES string of the molecule is CC(C)C[C@H]1CN(Cc2c(F)cccc2F)[C@@H](CC(C)C)C(O)N1. The largest absolute Gasteiger partial charge is 0.377 e. The smallest absolute Gasteiger partial charge is 0.130 e. The molecule has 0 radical (unpaired) electrons. The number of hydrogen-bond acceptors (Lipinski definition) is 3. The molecule has 24 heavy (non-hydrogen) atoms. The average Bonchev–Trinajstić information content (AvgIpc) is 2.45. The Labute approximate surface area is 144 Å². The van der Waals surface area contributed by atoms with Crippen LogP contribution in [-0.2, 0) is 6.54 Å². The molecule has 0 saturated carbocycles. The molecule has 3 atom stereocenters. The van der Waals surface area contributed by atoms with Crippen LogP contribution in [0.1, 0.15) is 46.1 Å². The highest BCUT2D eigenvalue weighted by Gasteiger charge is 2.35. The molecule has 0 aliphatic carbocycles. The van der Waals surface area contributed by atoms with E-state index in [9.17, 15) is 13.9 Å². The molecule has 0 amide bonds. The maximum absolute atomic E-state index is 14.1. The fourth-order valence-corrected chi connectivity index (χ4v) is 3.56. The normalized spacial score (nSPS) is 25.6. The summed E-state index contributed by atoms with van der Waals surface area (Å²) >= 11 is 0. The van der Waals surface area contributed by atoms with Crippen LogP contribution >= 0.6 is 0 Å². The zero-order valence-electron chi connectivity index (χ0n) is 15.1. The third-order valence-corrected chi connectivity index (χ3v) is 4.59. The topological polar surface area (TPSA) is 35.5 Å². The predicted octanol–water partition coefficient (Wildman–Crippen LogP) is 3.52. The number of piperazine rings is 1. The van der Waals surface area contributed by atoms with Crippen LogP contribution in [0.5, 0.6) is 0 Å². The van der Waals surface area contributed by atoms with E-state index in [2.05, 4.69) is 33.0 Å². The van der Waals surface area contributed by atoms with E-state index >= 15 is 0 Å². The number of aliphatic hydroxyl groups excluding tert-OH is 1. The van der Waals surface area contributed by atoms with E-state index in [1.165, 1.54) is 18.2 Å². The average molecular weight is 340 g/mol. The van der Waals surface area contributed by atoms with Crippen molar-refractivity contribution in [1.29, 1.82) is 0 Å². The van der Waals surface area contributed by atoms with Gasteiger partial charge in [0.05, 0.1) is 0 Å². The van der Waals surface area contributed by atoms with E-state index < -0.39 is 17.9 Å². The van der Waals surface area contributed by atoms with E-state index in [0.29, 0.717) is 18.4 Å². The van der Waals surface area contributed by atoms with E-state index in [1.807, 2.05) is 4.90 Å². The van der Waals surface area contributed by atoms with Gasteiger partial charge < -0.3 is 5.11 Å². The molecule has 2 N–H and O–H groups in total. The first-order valence-corrected chi connectivity index (χ1v) is 8.89. The molecule has 3 nitrogen and oxygen atoms in total. The lowest BCUT2D eigenvalue weighted by Crippen LogP contribution is -2.62. The van der Waals surface area contributed by atoms with Gasteiger partial charge in [0.25, 0.3) is 0 Å². The van der Waals surface area contributed by atoms with E-state index in [-0.39, 0.29) is 24.2 Å². The van der Waals surface area contributed by atoms with Gasteiger partial charge in [0.15, 0.2) is 0 Å². The van der Waals surface area contributed by atoms with Crippen LogP contribution < -0.4 is 5.32 Å². The zero-order valence-corrected chi connectivity index (χ0v) is 15.1. The van der Waals surface area contributed by atoms with Crippen molar-refractivity contribution in [2.45, 2.75) is 65.4 Å². The predicted molar refractivity (Wildman–Crippen MR) is 92.4 cm³/mol. The molecule has 0 aromatic heterocycles. The van der Waals surface area contributed by atoms with Gasteiger partial charge in [-0.3, -0.25) is 10.2 Å². The van der Waals surface area contributed by atoms with Crippen LogP contribution in [-0.4, -0.2) is 34.9 Å². The molecule has 136 valence electrons. The zero-order chi connectivity index (χ0) is 17.9. The van der Waals surface area contributed by atoms with Crippen molar-refractivity contribution >= 4 is 0 Å². The van der Waals surface area contributed by atoms with Crippen molar-refractivity contribution in [3.8, 4) is 0 Å². The second kappa shape index (κ2) is 8.37. The molecular formula is C19H30F2N2O. The minimum absolute atomic E-state index is 0.0867. The molecule has 1 fully saturated rings. The summed E-state index contributed by atoms with van der Waals surface area (Å²) in [5.41, 5.74) is 0.0867. The van der Waals surface area contributed by atoms with Crippen molar-refractivity contribution in [2.75, 3.05) is 6.54 Å². The van der Waals surface area contributed by atoms with Gasteiger partial charge in [-0.15, -0.1) is 0 Å². The Balaban J connectivity index is 2.21. The van der Waals surface area contributed by atoms with E-state index in [0.717, 1.165) is 12.8 Å². The fourth-order valence-electron chi connectivity index (χ4n) is 3.56. The molecule has 2 rings (SSSR count). The van der Waals surface area contributed by atoms with Crippen molar-refractivity contribution < 1.29 is 13.9 Å². The second-order valence-corrected chi connectivity index (χ2v) is 7.76. The molecule has 1 aliphatic rings. The molecule has 1 heterocycles. The molecule has 1 aromatic rings. The third kappa shape index (κ3) is 4.98. The minimum atomic E-state index is -0.681. The van der Waals surface area contributed by atoms with Crippen molar-refractivity contribution in [3.63, 3.8) is 0 Å². The Hall–Kier alpha value is -1.04. The highest BCUT2D eigenvalue weighted by atomic mass is 19.1. The number of aliphatic hydroxyl groups is 1. The maximum atomic E-state index is 14.1. The van der Waals surface area contributed by atoms with Gasteiger partial charge in [0.2, 0.25) is 0 Å². The van der Waals surface area contributed by atoms with Gasteiger partial charge in [-0.1, -0.05) is 33.8 Å². The first-order valence-electron chi connectivity index (χ1n) is 8.89. The van der Waals surface area contributed by atoms with Gasteiger partial charge in [-0.2, -0.15) is 0 Å². The summed E-state index contributed by atoms with van der Waals surface area (Å²) < 4.78 is 28.1. The first kappa shape index (κ1) is 19.3. The summed E-state index contributed by atoms with van der Waals surface area (Å²) in [6.07, 6.45) is 1.01. The summed E-state index contributed by atoms with van der Waals surface area (Å²) in [5, 5.41) is 13.8. The number of halogens is 2. The Bertz CT molecular complexity index is 516. The van der Waals surface area contributed by atoms with Gasteiger partial charge in [-0.05, 0) is 36.8 Å². The number of benzene rings is 1. The maximum Gasteiger partial charge on any atom is 0.130 e. The van der Waals surface area contributed by atoms with Crippen molar-refractivity contribution in [1.82, 2.24) is 10.2 Å². The molecule has 1 aliphatic heterocycles. The second-order valence-electron chi connectivity index (χ2n) is 7.76. The Kier molecular flexibility index (Phi) is 6.72. The van der Waals surface area contributed by atoms with Crippen LogP contribution in [0.25, 0.3) is 0 Å². The minimum Gasteiger partial charge on any atom is -0.377 e. The van der Waals surface area contributed by atoms with Crippen LogP contribution in [0, 0.1) is 23.5 Å². The van der Waals surface area contributed by atoms with Crippen LogP contribution in [0.2, 0.25) is 0 Å². The van der Waals surface area contributed by atoms with Crippen LogP contribution in [0.3, 0.4) is 0 Å². The number of nitrogens with one attached hydrogen (secondary N) is 1. The van der Waals surface area contributed by atoms with Crippen LogP contribution in [0.4, 0.5) is 8.78 Å². The molecule has 1 saturated heterocycles. The summed E-state index contributed by atoms with van der Waals surface area (Å²) in [6.45, 7) is 9.32. The standard InChI is InChI=1S/C19H30F2N2O/c1-12(2)8-14-10-23(18(9-13(3)4)19(24)22-14)11-15-16(20)6-5-7-17(15)21/h5-7,12-14,18-19,22,24H,8-11H2,1-4H3/t14-,18-,19?/m0/s1. The van der Waals surface area contributed by atoms with Gasteiger partial charge in [0, 0.05) is 30.7 Å². The van der Waals surface area contributed by atoms with Crippen molar-refractivity contribution in [2.24, 2.45) is 11.8 Å². The Morgan fingerprint density at radius 1 is 1.12 bits per heavy atom. The molecule has 0 spiro atoms. The lowest BCUT2D eigenvalue weighted by atomic mass is 9.94. The summed E-state index contributed by atoms with van der Waals surface area (Å²) in [7, 11) is 0. The Morgan fingerprint density at radius 3 is 2.25 bits per heavy atom. The molecule has 1 aromatic carbocycles. The number of nitrogens with zero attached hydrogens (tertiary/aromatic N) is 1. The van der Waals surface area contributed by atoms with Gasteiger partial charge >= 0.3 is 0 Å². The number of rotatable bonds is 6. The molecule has 0 bridgehead atoms. The molecular weight excluding hydrogens is 310 g/mol. The third-order valence-electron chi connectivity index (χ3n) is 4.59. The lowest BCUT2D eigenvalue weighted by Gasteiger charge is -2.44. The molecule has 1 unspecified atom stereocenters. The van der Waals surface area contributed by atoms with E-state index in [4.69, 9.17) is 0 Å². The quantitative estimate of drug-likeness (QED) is 0.832. The van der Waals surface area contributed by atoms with Crippen LogP contribution in [0.15, 0.2) is 18.2 Å².